The zero-order valence-electron chi connectivity index (χ0n) is 13.8. The molecule has 0 saturated heterocycles. The highest BCUT2D eigenvalue weighted by molar-refractivity contribution is 7.80. The van der Waals surface area contributed by atoms with Gasteiger partial charge in [-0.05, 0) is 30.5 Å². The van der Waals surface area contributed by atoms with E-state index in [2.05, 4.69) is 20.0 Å². The summed E-state index contributed by atoms with van der Waals surface area (Å²) in [6.07, 6.45) is 1.97. The fourth-order valence-electron chi connectivity index (χ4n) is 2.31. The van der Waals surface area contributed by atoms with Crippen LogP contribution in [0.15, 0.2) is 24.3 Å². The zero-order valence-corrected chi connectivity index (χ0v) is 15.4. The first-order chi connectivity index (χ1) is 12.5. The van der Waals surface area contributed by atoms with Gasteiger partial charge < -0.3 is 19.3 Å². The highest BCUT2D eigenvalue weighted by Gasteiger charge is 2.30. The smallest absolute Gasteiger partial charge is 0.358 e. The van der Waals surface area contributed by atoms with Crippen molar-refractivity contribution in [1.29, 1.82) is 0 Å². The van der Waals surface area contributed by atoms with Gasteiger partial charge in [-0.15, -0.1) is 0 Å². The van der Waals surface area contributed by atoms with Gasteiger partial charge in [0.25, 0.3) is 0 Å². The second kappa shape index (κ2) is 7.98. The predicted molar refractivity (Wildman–Crippen MR) is 96.7 cm³/mol. The van der Waals surface area contributed by atoms with Gasteiger partial charge in [-0.1, -0.05) is 23.7 Å². The van der Waals surface area contributed by atoms with Gasteiger partial charge in [0.2, 0.25) is 0 Å². The number of rotatable bonds is 7. The minimum Gasteiger partial charge on any atom is -0.755 e. The second-order valence-electron chi connectivity index (χ2n) is 5.75. The van der Waals surface area contributed by atoms with E-state index in [1.807, 2.05) is 0 Å². The number of hydrogen-bond donors (Lipinski definition) is 2. The van der Waals surface area contributed by atoms with Gasteiger partial charge in [-0.25, -0.2) is 14.8 Å². The lowest BCUT2D eigenvalue weighted by molar-refractivity contribution is 0.0593. The molecule has 0 spiro atoms. The molecule has 1 saturated carbocycles. The molecule has 138 valence electrons. The first-order valence-electron chi connectivity index (χ1n) is 7.82. The lowest BCUT2D eigenvalue weighted by Gasteiger charge is -2.12. The minimum atomic E-state index is -2.36. The van der Waals surface area contributed by atoms with Gasteiger partial charge >= 0.3 is 5.97 Å². The van der Waals surface area contributed by atoms with E-state index >= 15 is 0 Å². The van der Waals surface area contributed by atoms with E-state index in [1.165, 1.54) is 7.11 Å². The van der Waals surface area contributed by atoms with E-state index in [0.29, 0.717) is 23.9 Å². The number of carbonyl (C=O) groups is 1. The second-order valence-corrected chi connectivity index (χ2v) is 6.80. The molecule has 1 heterocycles. The van der Waals surface area contributed by atoms with E-state index in [9.17, 15) is 13.6 Å². The molecule has 2 N–H and O–H groups in total. The fourth-order valence-corrected chi connectivity index (χ4v) is 2.87. The maximum Gasteiger partial charge on any atom is 0.358 e. The molecule has 0 amide bonds. The molecule has 1 atom stereocenters. The number of nitrogens with one attached hydrogen (secondary N) is 2. The van der Waals surface area contributed by atoms with Gasteiger partial charge in [-0.3, -0.25) is 4.21 Å². The summed E-state index contributed by atoms with van der Waals surface area (Å²) in [6, 6.07) is 6.81. The largest absolute Gasteiger partial charge is 0.755 e. The van der Waals surface area contributed by atoms with E-state index in [-0.39, 0.29) is 16.6 Å². The first-order valence-corrected chi connectivity index (χ1v) is 9.27. The number of halogens is 1. The molecular weight excluding hydrogens is 380 g/mol. The third kappa shape index (κ3) is 4.48. The van der Waals surface area contributed by atoms with Crippen LogP contribution in [0.3, 0.4) is 0 Å². The number of methoxy groups -OCH3 is 1. The van der Waals surface area contributed by atoms with E-state index in [1.54, 1.807) is 24.3 Å². The summed E-state index contributed by atoms with van der Waals surface area (Å²) in [6.45, 7) is 0.391. The van der Waals surface area contributed by atoms with Crippen LogP contribution >= 0.6 is 11.6 Å². The molecule has 1 fully saturated rings. The maximum absolute atomic E-state index is 11.9. The van der Waals surface area contributed by atoms with Crippen molar-refractivity contribution in [3.05, 3.63) is 46.4 Å². The van der Waals surface area contributed by atoms with Gasteiger partial charge in [0, 0.05) is 29.4 Å². The zero-order chi connectivity index (χ0) is 18.7. The summed E-state index contributed by atoms with van der Waals surface area (Å²) in [5, 5.41) is 3.21. The molecule has 1 unspecified atom stereocenters. The molecule has 26 heavy (non-hydrogen) atoms. The molecular formula is C16H16ClN4O4S-. The van der Waals surface area contributed by atoms with E-state index in [4.69, 9.17) is 16.3 Å². The Labute approximate surface area is 157 Å². The van der Waals surface area contributed by atoms with Crippen LogP contribution in [0.5, 0.6) is 0 Å². The lowest BCUT2D eigenvalue weighted by atomic mass is 10.2. The summed E-state index contributed by atoms with van der Waals surface area (Å²) in [5.74, 6) is 0.583. The molecule has 1 aliphatic rings. The van der Waals surface area contributed by atoms with E-state index < -0.39 is 17.2 Å². The third-order valence-electron chi connectivity index (χ3n) is 3.80. The summed E-state index contributed by atoms with van der Waals surface area (Å²) in [4.78, 5) is 20.6. The summed E-state index contributed by atoms with van der Waals surface area (Å²) >= 11 is 3.90. The van der Waals surface area contributed by atoms with Crippen LogP contribution in [0, 0.1) is 0 Å². The van der Waals surface area contributed by atoms with Crippen LogP contribution in [0.25, 0.3) is 0 Å². The Balaban J connectivity index is 1.77. The molecule has 3 rings (SSSR count). The average Bonchev–Trinajstić information content (AvgIpc) is 3.46. The molecule has 0 bridgehead atoms. The van der Waals surface area contributed by atoms with E-state index in [0.717, 1.165) is 18.4 Å². The number of nitrogens with zero attached hydrogens (tertiary/aromatic N) is 2. The van der Waals surface area contributed by atoms with Crippen LogP contribution in [0.4, 0.5) is 11.5 Å². The quantitative estimate of drug-likeness (QED) is 0.546. The topological polar surface area (TPSA) is 116 Å². The molecule has 1 aromatic heterocycles. The number of aromatic nitrogens is 2. The van der Waals surface area contributed by atoms with Crippen molar-refractivity contribution >= 4 is 40.3 Å². The van der Waals surface area contributed by atoms with Crippen LogP contribution in [0.2, 0.25) is 5.02 Å². The van der Waals surface area contributed by atoms with Crippen LogP contribution in [-0.2, 0) is 22.5 Å². The van der Waals surface area contributed by atoms with Gasteiger partial charge in [0.15, 0.2) is 5.69 Å². The fraction of sp³-hybridized carbons (Fsp3) is 0.312. The molecule has 1 aliphatic carbocycles. The Morgan fingerprint density at radius 1 is 1.35 bits per heavy atom. The van der Waals surface area contributed by atoms with Crippen LogP contribution in [0.1, 0.15) is 40.6 Å². The number of anilines is 2. The standard InChI is InChI=1S/C16H17ClN4O4S/c1-25-16(22)13-12(17)15(20-14(19-13)10-4-5-10)18-8-9-2-6-11(7-3-9)21-26(23)24/h2-3,6-7,10,21H,4-5,8H2,1H3,(H,23,24)(H,18,19,20)/p-1. The Bertz CT molecular complexity index is 843. The first kappa shape index (κ1) is 18.6. The van der Waals surface area contributed by atoms with Crippen molar-refractivity contribution in [2.75, 3.05) is 17.1 Å². The number of hydrogen-bond acceptors (Lipinski definition) is 7. The van der Waals surface area contributed by atoms with Crippen molar-refractivity contribution in [1.82, 2.24) is 9.97 Å². The Kier molecular flexibility index (Phi) is 5.70. The molecule has 10 heteroatoms. The van der Waals surface area contributed by atoms with Gasteiger partial charge in [0.05, 0.1) is 7.11 Å². The molecule has 0 radical (unpaired) electrons. The Morgan fingerprint density at radius 3 is 2.62 bits per heavy atom. The van der Waals surface area contributed by atoms with Crippen molar-refractivity contribution in [3.63, 3.8) is 0 Å². The third-order valence-corrected chi connectivity index (χ3v) is 4.57. The maximum atomic E-state index is 11.9. The SMILES string of the molecule is COC(=O)c1nc(C2CC2)nc(NCc2ccc(NS(=O)[O-])cc2)c1Cl. The van der Waals surface area contributed by atoms with Crippen molar-refractivity contribution in [2.24, 2.45) is 0 Å². The monoisotopic (exact) mass is 395 g/mol. The Hall–Kier alpha value is -2.23. The van der Waals surface area contributed by atoms with Crippen molar-refractivity contribution < 1.29 is 18.3 Å². The Morgan fingerprint density at radius 2 is 2.04 bits per heavy atom. The normalized spacial score (nSPS) is 14.6. The highest BCUT2D eigenvalue weighted by atomic mass is 35.5. The highest BCUT2D eigenvalue weighted by Crippen LogP contribution is 2.39. The predicted octanol–water partition coefficient (Wildman–Crippen LogP) is 2.61. The van der Waals surface area contributed by atoms with Gasteiger partial charge in [-0.2, -0.15) is 0 Å². The number of carbonyl (C=O) groups excluding carboxylic acids is 1. The number of benzene rings is 1. The molecule has 2 aromatic rings. The van der Waals surface area contributed by atoms with Crippen LogP contribution < -0.4 is 10.0 Å². The van der Waals surface area contributed by atoms with Gasteiger partial charge in [0.1, 0.15) is 16.7 Å². The van der Waals surface area contributed by atoms with Crippen LogP contribution in [-0.4, -0.2) is 31.8 Å². The number of esters is 1. The average molecular weight is 396 g/mol. The summed E-state index contributed by atoms with van der Waals surface area (Å²) in [5.41, 5.74) is 1.40. The van der Waals surface area contributed by atoms with Crippen molar-refractivity contribution in [3.8, 4) is 0 Å². The van der Waals surface area contributed by atoms with Crippen molar-refractivity contribution in [2.45, 2.75) is 25.3 Å². The summed E-state index contributed by atoms with van der Waals surface area (Å²) < 4.78 is 28.2. The number of ether oxygens (including phenoxy) is 1. The minimum absolute atomic E-state index is 0.0473. The molecule has 8 nitrogen and oxygen atoms in total. The molecule has 0 aliphatic heterocycles. The molecule has 1 aromatic carbocycles. The summed E-state index contributed by atoms with van der Waals surface area (Å²) in [7, 11) is 1.27. The lowest BCUT2D eigenvalue weighted by Crippen LogP contribution is -2.12.